The van der Waals surface area contributed by atoms with E-state index in [0.29, 0.717) is 25.7 Å². The molecule has 4 aliphatic rings. The molecule has 0 aromatic rings. The maximum Gasteiger partial charge on any atom is 0.310 e. The lowest BCUT2D eigenvalue weighted by Crippen LogP contribution is -2.77. The molecule has 4 heteroatoms. The maximum atomic E-state index is 12.7. The Kier molecular flexibility index (Phi) is 3.37. The normalized spacial score (nSPS) is 40.6. The predicted octanol–water partition coefficient (Wildman–Crippen LogP) is 4.43. The first-order chi connectivity index (χ1) is 10.8. The molecule has 136 valence electrons. The van der Waals surface area contributed by atoms with E-state index < -0.39 is 39.0 Å². The van der Waals surface area contributed by atoms with Crippen LogP contribution in [0.25, 0.3) is 0 Å². The fraction of sp³-hybridized carbons (Fsp3) is 0.900. The summed E-state index contributed by atoms with van der Waals surface area (Å²) in [7, 11) is 0. The van der Waals surface area contributed by atoms with Gasteiger partial charge >= 0.3 is 11.9 Å². The molecule has 0 heterocycles. The summed E-state index contributed by atoms with van der Waals surface area (Å²) >= 11 is 0. The quantitative estimate of drug-likeness (QED) is 0.782. The van der Waals surface area contributed by atoms with Gasteiger partial charge in [0, 0.05) is 5.41 Å². The molecule has 0 saturated heterocycles. The summed E-state index contributed by atoms with van der Waals surface area (Å²) in [5, 5.41) is 20.9. The minimum atomic E-state index is -0.939. The minimum absolute atomic E-state index is 0.238. The summed E-state index contributed by atoms with van der Waals surface area (Å²) in [5.41, 5.74) is -3.51. The molecule has 0 unspecified atom stereocenters. The third-order valence-corrected chi connectivity index (χ3v) is 7.72. The molecule has 0 atom stereocenters. The van der Waals surface area contributed by atoms with Gasteiger partial charge in [-0.1, -0.05) is 41.5 Å². The number of aliphatic carboxylic acids is 2. The minimum Gasteiger partial charge on any atom is -0.481 e. The molecule has 0 aliphatic heterocycles. The molecule has 4 fully saturated rings. The lowest BCUT2D eigenvalue weighted by molar-refractivity contribution is -0.307. The van der Waals surface area contributed by atoms with E-state index in [4.69, 9.17) is 0 Å². The van der Waals surface area contributed by atoms with Crippen LogP contribution >= 0.6 is 0 Å². The Morgan fingerprint density at radius 1 is 0.750 bits per heavy atom. The summed E-state index contributed by atoms with van der Waals surface area (Å²) < 4.78 is 0. The first-order valence-corrected chi connectivity index (χ1v) is 9.22. The first kappa shape index (κ1) is 17.8. The predicted molar refractivity (Wildman–Crippen MR) is 91.5 cm³/mol. The molecule has 2 N–H and O–H groups in total. The number of hydrogen-bond donors (Lipinski definition) is 2. The number of rotatable bonds is 2. The van der Waals surface area contributed by atoms with Crippen LogP contribution in [0.5, 0.6) is 0 Å². The topological polar surface area (TPSA) is 74.6 Å². The summed E-state index contributed by atoms with van der Waals surface area (Å²) in [6.45, 7) is 12.4. The second kappa shape index (κ2) is 4.56. The fourth-order valence-electron chi connectivity index (χ4n) is 8.82. The van der Waals surface area contributed by atoms with E-state index in [1.807, 2.05) is 0 Å². The van der Waals surface area contributed by atoms with Crippen molar-refractivity contribution >= 4 is 11.9 Å². The van der Waals surface area contributed by atoms with E-state index in [1.165, 1.54) is 0 Å². The van der Waals surface area contributed by atoms with Gasteiger partial charge in [0.25, 0.3) is 0 Å². The van der Waals surface area contributed by atoms with E-state index >= 15 is 0 Å². The van der Waals surface area contributed by atoms with E-state index in [9.17, 15) is 19.8 Å². The molecule has 24 heavy (non-hydrogen) atoms. The van der Waals surface area contributed by atoms with Crippen LogP contribution in [0.3, 0.4) is 0 Å². The Bertz CT molecular complexity index is 526. The second-order valence-electron chi connectivity index (χ2n) is 10.8. The van der Waals surface area contributed by atoms with E-state index in [0.717, 1.165) is 6.42 Å². The van der Waals surface area contributed by atoms with Crippen LogP contribution in [-0.2, 0) is 9.59 Å². The molecule has 4 nitrogen and oxygen atoms in total. The summed E-state index contributed by atoms with van der Waals surface area (Å²) in [6, 6.07) is 0. The average molecular weight is 336 g/mol. The van der Waals surface area contributed by atoms with Crippen molar-refractivity contribution in [2.45, 2.75) is 73.6 Å². The van der Waals surface area contributed by atoms with Crippen LogP contribution in [0.2, 0.25) is 0 Å². The highest BCUT2D eigenvalue weighted by Crippen LogP contribution is 2.82. The Morgan fingerprint density at radius 3 is 1.25 bits per heavy atom. The van der Waals surface area contributed by atoms with Gasteiger partial charge in [0.15, 0.2) is 0 Å². The van der Waals surface area contributed by atoms with Gasteiger partial charge in [-0.05, 0) is 54.8 Å². The lowest BCUT2D eigenvalue weighted by Gasteiger charge is -2.77. The maximum absolute atomic E-state index is 12.7. The molecular weight excluding hydrogens is 304 g/mol. The Hall–Kier alpha value is -1.06. The van der Waals surface area contributed by atoms with Gasteiger partial charge in [0.1, 0.15) is 0 Å². The third-order valence-electron chi connectivity index (χ3n) is 7.72. The smallest absolute Gasteiger partial charge is 0.310 e. The fourth-order valence-corrected chi connectivity index (χ4v) is 8.82. The van der Waals surface area contributed by atoms with E-state index in [-0.39, 0.29) is 11.8 Å². The largest absolute Gasteiger partial charge is 0.481 e. The van der Waals surface area contributed by atoms with Gasteiger partial charge in [0.05, 0.1) is 10.8 Å². The lowest BCUT2D eigenvalue weighted by atomic mass is 9.24. The molecule has 0 spiro atoms. The number of hydrogen-bond acceptors (Lipinski definition) is 2. The van der Waals surface area contributed by atoms with Crippen molar-refractivity contribution in [2.75, 3.05) is 0 Å². The average Bonchev–Trinajstić information content (AvgIpc) is 2.33. The Morgan fingerprint density at radius 2 is 1.04 bits per heavy atom. The molecule has 4 aliphatic carbocycles. The molecule has 4 bridgehead atoms. The third kappa shape index (κ3) is 1.65. The van der Waals surface area contributed by atoms with Crippen LogP contribution < -0.4 is 0 Å². The monoisotopic (exact) mass is 336 g/mol. The van der Waals surface area contributed by atoms with Gasteiger partial charge in [-0.2, -0.15) is 0 Å². The van der Waals surface area contributed by atoms with Gasteiger partial charge < -0.3 is 10.2 Å². The highest BCUT2D eigenvalue weighted by molar-refractivity contribution is 5.84. The van der Waals surface area contributed by atoms with Crippen LogP contribution in [0.1, 0.15) is 73.6 Å². The highest BCUT2D eigenvalue weighted by Gasteiger charge is 2.82. The molecule has 4 saturated carbocycles. The van der Waals surface area contributed by atoms with Crippen molar-refractivity contribution in [2.24, 2.45) is 38.9 Å². The molecule has 0 radical (unpaired) electrons. The van der Waals surface area contributed by atoms with E-state index in [1.54, 1.807) is 0 Å². The standard InChI is InChI=1S/C20H32O4/c1-16(2,3)20(17(4,5)6)18(14(21)22)8-12-7-13(10-18)11-19(20,9-12)15(23)24/h12-13H,7-11H2,1-6H3,(H,21,22)(H,23,24). The number of carboxylic acids is 2. The zero-order valence-electron chi connectivity index (χ0n) is 15.9. The second-order valence-corrected chi connectivity index (χ2v) is 10.8. The molecule has 0 aromatic carbocycles. The molecule has 0 amide bonds. The van der Waals surface area contributed by atoms with Crippen LogP contribution in [0, 0.1) is 38.9 Å². The first-order valence-electron chi connectivity index (χ1n) is 9.22. The molecule has 4 rings (SSSR count). The Labute approximate surface area is 145 Å². The zero-order chi connectivity index (χ0) is 18.3. The van der Waals surface area contributed by atoms with Crippen molar-refractivity contribution in [3.8, 4) is 0 Å². The van der Waals surface area contributed by atoms with Crippen LogP contribution in [0.15, 0.2) is 0 Å². The van der Waals surface area contributed by atoms with Crippen molar-refractivity contribution in [3.63, 3.8) is 0 Å². The zero-order valence-corrected chi connectivity index (χ0v) is 15.9. The van der Waals surface area contributed by atoms with Gasteiger partial charge in [0.2, 0.25) is 0 Å². The molecule has 0 aromatic heterocycles. The van der Waals surface area contributed by atoms with Crippen LogP contribution in [0.4, 0.5) is 0 Å². The van der Waals surface area contributed by atoms with Gasteiger partial charge in [-0.15, -0.1) is 0 Å². The van der Waals surface area contributed by atoms with Crippen molar-refractivity contribution in [3.05, 3.63) is 0 Å². The number of carboxylic acid groups (broad SMARTS) is 2. The summed E-state index contributed by atoms with van der Waals surface area (Å²) in [5.74, 6) is -1.07. The highest BCUT2D eigenvalue weighted by atomic mass is 16.4. The molecular formula is C20H32O4. The van der Waals surface area contributed by atoms with E-state index in [2.05, 4.69) is 41.5 Å². The van der Waals surface area contributed by atoms with Gasteiger partial charge in [-0.3, -0.25) is 9.59 Å². The Balaban J connectivity index is 2.45. The van der Waals surface area contributed by atoms with Gasteiger partial charge in [-0.25, -0.2) is 0 Å². The SMILES string of the molecule is CC(C)(C)C1(C(C)(C)C)C2(C(=O)O)CC3CC(C2)CC1(C(=O)O)C3. The number of carbonyl (C=O) groups is 2. The van der Waals surface area contributed by atoms with Crippen molar-refractivity contribution in [1.82, 2.24) is 0 Å². The van der Waals surface area contributed by atoms with Crippen LogP contribution in [-0.4, -0.2) is 22.2 Å². The summed E-state index contributed by atoms with van der Waals surface area (Å²) in [4.78, 5) is 25.5. The van der Waals surface area contributed by atoms with Crippen molar-refractivity contribution < 1.29 is 19.8 Å². The van der Waals surface area contributed by atoms with Crippen molar-refractivity contribution in [1.29, 1.82) is 0 Å². The summed E-state index contributed by atoms with van der Waals surface area (Å²) in [6.07, 6.45) is 3.57.